The van der Waals surface area contributed by atoms with Crippen molar-refractivity contribution in [3.8, 4) is 0 Å². The molecule has 5 rings (SSSR count). The molecule has 1 amide bonds. The van der Waals surface area contributed by atoms with Gasteiger partial charge in [-0.3, -0.25) is 10.1 Å². The molecule has 1 saturated carbocycles. The third kappa shape index (κ3) is 5.45. The summed E-state index contributed by atoms with van der Waals surface area (Å²) in [5.74, 6) is 1.86. The van der Waals surface area contributed by atoms with Crippen LogP contribution in [-0.2, 0) is 11.3 Å². The molecule has 0 unspecified atom stereocenters. The Morgan fingerprint density at radius 3 is 2.88 bits per heavy atom. The van der Waals surface area contributed by atoms with Gasteiger partial charge in [-0.05, 0) is 55.9 Å². The van der Waals surface area contributed by atoms with Crippen LogP contribution in [0.25, 0.3) is 12.2 Å². The highest BCUT2D eigenvalue weighted by molar-refractivity contribution is 7.14. The second kappa shape index (κ2) is 10.5. The minimum atomic E-state index is -0.131. The number of anilines is 1. The zero-order chi connectivity index (χ0) is 22.5. The summed E-state index contributed by atoms with van der Waals surface area (Å²) in [6.45, 7) is 2.45. The summed E-state index contributed by atoms with van der Waals surface area (Å²) >= 11 is 1.42. The van der Waals surface area contributed by atoms with Crippen LogP contribution in [0, 0.1) is 5.92 Å². The summed E-state index contributed by atoms with van der Waals surface area (Å²) < 4.78 is 13.2. The van der Waals surface area contributed by atoms with Gasteiger partial charge in [-0.15, -0.1) is 11.3 Å². The van der Waals surface area contributed by atoms with Crippen molar-refractivity contribution in [1.82, 2.24) is 14.5 Å². The standard InChI is InChI=1S/C25H30N4O3S/c30-24(22-7-4-12-29(22)15-18-10-13-31-14-11-18)28-25-27-20(16-33-25)8-9-21-23(32-17-26-21)19-5-2-1-3-6-19/h4,7-9,12,16-19H,1-3,5-6,10-11,13-15H2,(H,27,28,30). The smallest absolute Gasteiger partial charge is 0.274 e. The van der Waals surface area contributed by atoms with E-state index in [2.05, 4.69) is 15.3 Å². The van der Waals surface area contributed by atoms with Crippen molar-refractivity contribution in [3.05, 3.63) is 52.9 Å². The predicted octanol–water partition coefficient (Wildman–Crippen LogP) is 5.83. The van der Waals surface area contributed by atoms with E-state index in [0.717, 1.165) is 49.7 Å². The number of oxazole rings is 1. The largest absolute Gasteiger partial charge is 0.448 e. The van der Waals surface area contributed by atoms with E-state index in [4.69, 9.17) is 9.15 Å². The van der Waals surface area contributed by atoms with E-state index in [1.165, 1.54) is 49.8 Å². The lowest BCUT2D eigenvalue weighted by Gasteiger charge is -2.23. The maximum Gasteiger partial charge on any atom is 0.274 e. The molecule has 1 N–H and O–H groups in total. The number of hydrogen-bond donors (Lipinski definition) is 1. The Labute approximate surface area is 197 Å². The number of amides is 1. The highest BCUT2D eigenvalue weighted by Gasteiger charge is 2.22. The van der Waals surface area contributed by atoms with Gasteiger partial charge >= 0.3 is 0 Å². The molecule has 33 heavy (non-hydrogen) atoms. The molecule has 0 spiro atoms. The van der Waals surface area contributed by atoms with E-state index < -0.39 is 0 Å². The van der Waals surface area contributed by atoms with E-state index >= 15 is 0 Å². The van der Waals surface area contributed by atoms with Crippen LogP contribution in [0.5, 0.6) is 0 Å². The van der Waals surface area contributed by atoms with Crippen molar-refractivity contribution < 1.29 is 13.9 Å². The van der Waals surface area contributed by atoms with Crippen LogP contribution < -0.4 is 5.32 Å². The Kier molecular flexibility index (Phi) is 7.02. The second-order valence-electron chi connectivity index (χ2n) is 8.90. The Morgan fingerprint density at radius 1 is 1.18 bits per heavy atom. The van der Waals surface area contributed by atoms with Gasteiger partial charge in [0.15, 0.2) is 11.5 Å². The molecule has 3 aromatic rings. The monoisotopic (exact) mass is 466 g/mol. The average molecular weight is 467 g/mol. The second-order valence-corrected chi connectivity index (χ2v) is 9.76. The zero-order valence-electron chi connectivity index (χ0n) is 18.7. The summed E-state index contributed by atoms with van der Waals surface area (Å²) in [6.07, 6.45) is 15.6. The van der Waals surface area contributed by atoms with Crippen LogP contribution in [0.15, 0.2) is 34.5 Å². The van der Waals surface area contributed by atoms with Gasteiger partial charge in [-0.25, -0.2) is 9.97 Å². The van der Waals surface area contributed by atoms with Crippen LogP contribution in [0.2, 0.25) is 0 Å². The van der Waals surface area contributed by atoms with E-state index in [-0.39, 0.29) is 5.91 Å². The van der Waals surface area contributed by atoms with Gasteiger partial charge in [0.2, 0.25) is 0 Å². The summed E-state index contributed by atoms with van der Waals surface area (Å²) in [6, 6.07) is 3.78. The van der Waals surface area contributed by atoms with Gasteiger partial charge in [-0.1, -0.05) is 19.3 Å². The van der Waals surface area contributed by atoms with Gasteiger partial charge in [0, 0.05) is 37.3 Å². The summed E-state index contributed by atoms with van der Waals surface area (Å²) in [5.41, 5.74) is 2.34. The lowest BCUT2D eigenvalue weighted by atomic mass is 9.87. The fourth-order valence-electron chi connectivity index (χ4n) is 4.79. The number of nitrogens with zero attached hydrogens (tertiary/aromatic N) is 3. The minimum absolute atomic E-state index is 0.131. The number of aromatic nitrogens is 3. The van der Waals surface area contributed by atoms with Crippen molar-refractivity contribution in [2.24, 2.45) is 5.92 Å². The molecule has 0 aromatic carbocycles. The van der Waals surface area contributed by atoms with Gasteiger partial charge < -0.3 is 13.7 Å². The molecule has 1 aliphatic heterocycles. The topological polar surface area (TPSA) is 82.2 Å². The maximum atomic E-state index is 12.9. The molecule has 8 heteroatoms. The first-order valence-corrected chi connectivity index (χ1v) is 12.8. The van der Waals surface area contributed by atoms with Gasteiger partial charge in [-0.2, -0.15) is 0 Å². The number of carbonyl (C=O) groups is 1. The van der Waals surface area contributed by atoms with E-state index in [9.17, 15) is 4.79 Å². The normalized spacial score (nSPS) is 18.2. The molecule has 4 heterocycles. The Balaban J connectivity index is 1.21. The number of nitrogens with one attached hydrogen (secondary N) is 1. The molecule has 1 saturated heterocycles. The third-order valence-electron chi connectivity index (χ3n) is 6.61. The van der Waals surface area contributed by atoms with Gasteiger partial charge in [0.1, 0.15) is 17.1 Å². The van der Waals surface area contributed by atoms with E-state index in [1.54, 1.807) is 0 Å². The van der Waals surface area contributed by atoms with Crippen molar-refractivity contribution in [3.63, 3.8) is 0 Å². The first-order valence-electron chi connectivity index (χ1n) is 11.9. The van der Waals surface area contributed by atoms with Gasteiger partial charge in [0.25, 0.3) is 5.91 Å². The lowest BCUT2D eigenvalue weighted by Crippen LogP contribution is -2.23. The molecule has 174 valence electrons. The first-order chi connectivity index (χ1) is 16.3. The molecule has 0 bridgehead atoms. The quantitative estimate of drug-likeness (QED) is 0.474. The number of thiazole rings is 1. The van der Waals surface area contributed by atoms with Crippen LogP contribution in [0.1, 0.15) is 78.5 Å². The van der Waals surface area contributed by atoms with Crippen LogP contribution >= 0.6 is 11.3 Å². The molecule has 7 nitrogen and oxygen atoms in total. The number of ether oxygens (including phenoxy) is 1. The zero-order valence-corrected chi connectivity index (χ0v) is 19.6. The van der Waals surface area contributed by atoms with Crippen LogP contribution in [-0.4, -0.2) is 33.7 Å². The number of hydrogen-bond acceptors (Lipinski definition) is 6. The highest BCUT2D eigenvalue weighted by Crippen LogP contribution is 2.34. The fraction of sp³-hybridized carbons (Fsp3) is 0.480. The molecule has 2 aliphatic rings. The van der Waals surface area contributed by atoms with E-state index in [0.29, 0.717) is 22.7 Å². The van der Waals surface area contributed by atoms with Crippen LogP contribution in [0.4, 0.5) is 5.13 Å². The van der Waals surface area contributed by atoms with Crippen molar-refractivity contribution in [1.29, 1.82) is 0 Å². The van der Waals surface area contributed by atoms with Crippen molar-refractivity contribution in [2.75, 3.05) is 18.5 Å². The minimum Gasteiger partial charge on any atom is -0.448 e. The Morgan fingerprint density at radius 2 is 2.03 bits per heavy atom. The van der Waals surface area contributed by atoms with E-state index in [1.807, 2.05) is 40.4 Å². The molecule has 0 atom stereocenters. The Hall–Kier alpha value is -2.71. The summed E-state index contributed by atoms with van der Waals surface area (Å²) in [7, 11) is 0. The molecule has 0 radical (unpaired) electrons. The highest BCUT2D eigenvalue weighted by atomic mass is 32.1. The summed E-state index contributed by atoms with van der Waals surface area (Å²) in [4.78, 5) is 21.8. The molecular formula is C25H30N4O3S. The molecular weight excluding hydrogens is 436 g/mol. The van der Waals surface area contributed by atoms with Crippen molar-refractivity contribution in [2.45, 2.75) is 57.4 Å². The number of rotatable bonds is 7. The molecule has 2 fully saturated rings. The lowest BCUT2D eigenvalue weighted by molar-refractivity contribution is 0.0610. The summed E-state index contributed by atoms with van der Waals surface area (Å²) in [5, 5.41) is 5.48. The molecule has 3 aromatic heterocycles. The SMILES string of the molecule is O=C(Nc1nc(C=Cc2ncoc2C2CCCCC2)cs1)c1cccn1CC1CCOCC1. The van der Waals surface area contributed by atoms with Crippen molar-refractivity contribution >= 4 is 34.5 Å². The fourth-order valence-corrected chi connectivity index (χ4v) is 5.46. The predicted molar refractivity (Wildman–Crippen MR) is 129 cm³/mol. The average Bonchev–Trinajstić information content (AvgIpc) is 3.60. The maximum absolute atomic E-state index is 12.9. The third-order valence-corrected chi connectivity index (χ3v) is 7.39. The van der Waals surface area contributed by atoms with Gasteiger partial charge in [0.05, 0.1) is 5.69 Å². The Bertz CT molecular complexity index is 1090. The molecule has 1 aliphatic carbocycles. The van der Waals surface area contributed by atoms with Crippen LogP contribution in [0.3, 0.4) is 0 Å². The number of carbonyl (C=O) groups excluding carboxylic acids is 1. The first kappa shape index (κ1) is 22.1.